The maximum atomic E-state index is 14.2. The number of hydrogen-bond acceptors (Lipinski definition) is 13. The first kappa shape index (κ1) is 52.7. The van der Waals surface area contributed by atoms with Gasteiger partial charge in [0, 0.05) is 74.3 Å². The van der Waals surface area contributed by atoms with Crippen molar-refractivity contribution in [1.82, 2.24) is 35.7 Å². The average molecular weight is 1020 g/mol. The number of rotatable bonds is 15. The van der Waals surface area contributed by atoms with Crippen molar-refractivity contribution >= 4 is 52.4 Å². The number of thiazole rings is 1. The molecule has 4 aliphatic rings. The molecular formula is C54H68ClN9O7S. The minimum Gasteiger partial charge on any atom is -0.489 e. The maximum Gasteiger partial charge on any atom is 0.253 e. The number of carbonyl (C=O) groups excluding carboxylic acids is 4. The van der Waals surface area contributed by atoms with Gasteiger partial charge in [-0.25, -0.2) is 9.97 Å². The van der Waals surface area contributed by atoms with Gasteiger partial charge in [0.2, 0.25) is 17.7 Å². The summed E-state index contributed by atoms with van der Waals surface area (Å²) in [4.78, 5) is 71.0. The van der Waals surface area contributed by atoms with Crippen LogP contribution in [0.5, 0.6) is 5.75 Å². The fourth-order valence-electron chi connectivity index (χ4n) is 11.2. The number of nitrogens with one attached hydrogen (secondary N) is 3. The van der Waals surface area contributed by atoms with E-state index in [4.69, 9.17) is 21.1 Å². The van der Waals surface area contributed by atoms with Crippen LogP contribution in [0.3, 0.4) is 0 Å². The average Bonchev–Trinajstić information content (AvgIpc) is 3.95. The second-order valence-electron chi connectivity index (χ2n) is 22.2. The van der Waals surface area contributed by atoms with Gasteiger partial charge in [-0.2, -0.15) is 5.26 Å². The van der Waals surface area contributed by atoms with Gasteiger partial charge in [-0.15, -0.1) is 11.3 Å². The van der Waals surface area contributed by atoms with E-state index in [0.717, 1.165) is 66.5 Å². The number of pyridine rings is 1. The third-order valence-electron chi connectivity index (χ3n) is 15.2. The lowest BCUT2D eigenvalue weighted by molar-refractivity contribution is -0.164. The van der Waals surface area contributed by atoms with Crippen LogP contribution >= 0.6 is 22.9 Å². The molecule has 2 aliphatic heterocycles. The Hall–Kier alpha value is -5.64. The summed E-state index contributed by atoms with van der Waals surface area (Å²) >= 11 is 7.84. The monoisotopic (exact) mass is 1020 g/mol. The molecule has 2 aliphatic carbocycles. The summed E-state index contributed by atoms with van der Waals surface area (Å²) in [5.74, 6) is -0.00283. The van der Waals surface area contributed by atoms with Crippen molar-refractivity contribution in [2.75, 3.05) is 44.2 Å². The summed E-state index contributed by atoms with van der Waals surface area (Å²) in [5, 5.41) is 29.5. The van der Waals surface area contributed by atoms with Crippen LogP contribution in [0.1, 0.15) is 108 Å². The maximum absolute atomic E-state index is 14.2. The molecule has 2 aromatic heterocycles. The van der Waals surface area contributed by atoms with Crippen molar-refractivity contribution in [3.63, 3.8) is 0 Å². The number of hydrogen-bond donors (Lipinski definition) is 4. The van der Waals surface area contributed by atoms with Gasteiger partial charge < -0.3 is 40.3 Å². The van der Waals surface area contributed by atoms with E-state index in [0.29, 0.717) is 27.9 Å². The van der Waals surface area contributed by atoms with Crippen LogP contribution in [0, 0.1) is 34.5 Å². The summed E-state index contributed by atoms with van der Waals surface area (Å²) in [6.07, 6.45) is 2.14. The molecule has 4 amide bonds. The molecule has 2 saturated heterocycles. The molecule has 4 heterocycles. The van der Waals surface area contributed by atoms with Crippen molar-refractivity contribution in [3.8, 4) is 22.3 Å². The molecule has 4 N–H and O–H groups in total. The highest BCUT2D eigenvalue weighted by molar-refractivity contribution is 7.13. The van der Waals surface area contributed by atoms with Gasteiger partial charge in [-0.3, -0.25) is 24.1 Å². The number of amides is 4. The number of piperazine rings is 1. The number of β-amino-alcohol motifs (C(OH)–C–C–N with tert-alkyl or cyclic N) is 1. The van der Waals surface area contributed by atoms with Gasteiger partial charge in [0.25, 0.3) is 5.91 Å². The zero-order valence-corrected chi connectivity index (χ0v) is 44.3. The van der Waals surface area contributed by atoms with Crippen LogP contribution in [-0.4, -0.2) is 130 Å². The number of aliphatic hydroxyl groups excluding tert-OH is 1. The van der Waals surface area contributed by atoms with E-state index in [1.165, 1.54) is 4.90 Å². The number of likely N-dealkylation sites (tertiary alicyclic amines) is 1. The molecule has 0 unspecified atom stereocenters. The molecule has 2 aromatic carbocycles. The van der Waals surface area contributed by atoms with E-state index in [-0.39, 0.29) is 55.7 Å². The Morgan fingerprint density at radius 1 is 0.958 bits per heavy atom. The van der Waals surface area contributed by atoms with Gasteiger partial charge in [-0.1, -0.05) is 84.3 Å². The summed E-state index contributed by atoms with van der Waals surface area (Å²) in [6.45, 7) is 20.8. The smallest absolute Gasteiger partial charge is 0.253 e. The zero-order valence-electron chi connectivity index (χ0n) is 42.7. The van der Waals surface area contributed by atoms with Crippen molar-refractivity contribution in [1.29, 1.82) is 5.26 Å². The first-order chi connectivity index (χ1) is 34.0. The molecule has 0 bridgehead atoms. The highest BCUT2D eigenvalue weighted by Crippen LogP contribution is 2.55. The molecule has 4 fully saturated rings. The minimum absolute atomic E-state index is 0.0103. The third-order valence-corrected chi connectivity index (χ3v) is 16.5. The number of aryl methyl sites for hydroxylation is 1. The second kappa shape index (κ2) is 21.1. The zero-order chi connectivity index (χ0) is 51.9. The Morgan fingerprint density at radius 3 is 2.25 bits per heavy atom. The summed E-state index contributed by atoms with van der Waals surface area (Å²) < 4.78 is 12.4. The first-order valence-corrected chi connectivity index (χ1v) is 26.1. The van der Waals surface area contributed by atoms with Gasteiger partial charge >= 0.3 is 0 Å². The number of aliphatic hydroxyl groups is 1. The lowest BCUT2D eigenvalue weighted by atomic mass is 9.49. The number of nitriles is 1. The molecule has 4 atom stereocenters. The lowest BCUT2D eigenvalue weighted by Crippen LogP contribution is -2.74. The molecule has 8 rings (SSSR count). The molecule has 72 heavy (non-hydrogen) atoms. The normalized spacial score (nSPS) is 24.5. The van der Waals surface area contributed by atoms with E-state index in [1.807, 2.05) is 76.5 Å². The van der Waals surface area contributed by atoms with Crippen LogP contribution < -0.4 is 25.6 Å². The number of carbonyl (C=O) groups is 4. The fourth-order valence-corrected chi connectivity index (χ4v) is 12.2. The Balaban J connectivity index is 0.759. The highest BCUT2D eigenvalue weighted by Gasteiger charge is 2.64. The third kappa shape index (κ3) is 11.1. The van der Waals surface area contributed by atoms with Gasteiger partial charge in [-0.05, 0) is 67.5 Å². The molecular weight excluding hydrogens is 954 g/mol. The van der Waals surface area contributed by atoms with Crippen molar-refractivity contribution in [3.05, 3.63) is 93.7 Å². The molecule has 18 heteroatoms. The van der Waals surface area contributed by atoms with Crippen LogP contribution in [0.4, 0.5) is 5.82 Å². The van der Waals surface area contributed by atoms with E-state index in [1.54, 1.807) is 35.7 Å². The van der Waals surface area contributed by atoms with Gasteiger partial charge in [0.1, 0.15) is 42.4 Å². The Bertz CT molecular complexity index is 2650. The number of nitrogens with zero attached hydrogens (tertiary/aromatic N) is 6. The van der Waals surface area contributed by atoms with E-state index < -0.39 is 46.2 Å². The van der Waals surface area contributed by atoms with Crippen molar-refractivity contribution in [2.24, 2.45) is 16.2 Å². The van der Waals surface area contributed by atoms with Crippen molar-refractivity contribution in [2.45, 2.75) is 130 Å². The lowest BCUT2D eigenvalue weighted by Gasteiger charge is -2.63. The van der Waals surface area contributed by atoms with E-state index in [2.05, 4.69) is 69.5 Å². The van der Waals surface area contributed by atoms with Crippen LogP contribution in [0.15, 0.2) is 66.3 Å². The fraction of sp³-hybridized carbons (Fsp3) is 0.537. The molecule has 2 saturated carbocycles. The number of aromatic nitrogens is 2. The van der Waals surface area contributed by atoms with Gasteiger partial charge in [0.05, 0.1) is 50.5 Å². The summed E-state index contributed by atoms with van der Waals surface area (Å²) in [6, 6.07) is 16.8. The van der Waals surface area contributed by atoms with E-state index >= 15 is 0 Å². The minimum atomic E-state index is -0.952. The SMILES string of the molecule is Cc1ncsc1-c1ccc([C@H](C)NC(=O)[C@H]2C[C@@H](O)CN2C(=O)[C@@H](NC(=O)COC2CC(N3CCN(c4ccc(C(=O)NC5C(C)(C)C(Oc6ccc(C#N)c(Cl)c6)C5(C)C)cn4)CC3)C2)C(C)(C)C)cc1. The molecule has 16 nitrogen and oxygen atoms in total. The molecule has 384 valence electrons. The van der Waals surface area contributed by atoms with Crippen LogP contribution in [-0.2, 0) is 19.1 Å². The summed E-state index contributed by atoms with van der Waals surface area (Å²) in [5.41, 5.74) is 4.13. The number of benzene rings is 2. The quantitative estimate of drug-likeness (QED) is 0.0985. The highest BCUT2D eigenvalue weighted by atomic mass is 35.5. The van der Waals surface area contributed by atoms with Crippen molar-refractivity contribution < 1.29 is 33.8 Å². The molecule has 0 radical (unpaired) electrons. The van der Waals surface area contributed by atoms with E-state index in [9.17, 15) is 29.5 Å². The second-order valence-corrected chi connectivity index (χ2v) is 23.4. The summed E-state index contributed by atoms with van der Waals surface area (Å²) in [7, 11) is 0. The first-order valence-electron chi connectivity index (χ1n) is 24.9. The van der Waals surface area contributed by atoms with Gasteiger partial charge in [0.15, 0.2) is 0 Å². The topological polar surface area (TPSA) is 202 Å². The largest absolute Gasteiger partial charge is 0.489 e. The number of halogens is 1. The number of anilines is 1. The standard InChI is InChI=1S/C54H68ClN9O7S/c1-31(33-10-12-34(13-11-33)45-32(2)58-30-72-45)59-48(68)42-24-38(65)28-64(42)49(69)46(52(3,4)5)60-44(66)29-70-40-22-37(23-40)62-18-20-63(21-19-62)43-17-15-36(27-57-43)47(67)61-50-53(6,7)51(54(50,8)9)71-39-16-14-35(26-56)41(55)25-39/h10-17,25,27,30-31,37-38,40,42,46,50-51,65H,18-24,28-29H2,1-9H3,(H,59,68)(H,60,66)(H,61,67)/t31-,37?,38+,40?,42+,46+,50?,51?/m0/s1. The Labute approximate surface area is 431 Å². The number of ether oxygens (including phenoxy) is 2. The molecule has 4 aromatic rings. The predicted octanol–water partition coefficient (Wildman–Crippen LogP) is 6.69. The van der Waals surface area contributed by atoms with Crippen LogP contribution in [0.2, 0.25) is 5.02 Å². The van der Waals surface area contributed by atoms with Crippen LogP contribution in [0.25, 0.3) is 10.4 Å². The molecule has 0 spiro atoms. The Morgan fingerprint density at radius 2 is 1.65 bits per heavy atom. The Kier molecular flexibility index (Phi) is 15.4. The predicted molar refractivity (Wildman–Crippen MR) is 277 cm³/mol.